The van der Waals surface area contributed by atoms with Gasteiger partial charge in [-0.2, -0.15) is 0 Å². The summed E-state index contributed by atoms with van der Waals surface area (Å²) in [7, 11) is 0. The summed E-state index contributed by atoms with van der Waals surface area (Å²) in [5, 5.41) is 34.1. The fourth-order valence-corrected chi connectivity index (χ4v) is 13.9. The van der Waals surface area contributed by atoms with E-state index in [0.29, 0.717) is 5.82 Å². The first-order valence-electron chi connectivity index (χ1n) is 31.6. The van der Waals surface area contributed by atoms with E-state index in [1.807, 2.05) is 42.5 Å². The van der Waals surface area contributed by atoms with E-state index in [-0.39, 0.29) is 116 Å². The molecule has 91 heavy (non-hydrogen) atoms. The fourth-order valence-electron chi connectivity index (χ4n) is 12.1. The number of aromatic hydroxyl groups is 1. The normalized spacial score (nSPS) is 11.1. The summed E-state index contributed by atoms with van der Waals surface area (Å²) in [4.78, 5) is 25.3. The zero-order chi connectivity index (χ0) is 62.7. The first-order chi connectivity index (χ1) is 43.5. The van der Waals surface area contributed by atoms with Crippen molar-refractivity contribution < 1.29 is 129 Å². The fraction of sp³-hybridized carbons (Fsp3) is 0.320. The number of hydrogen-bond donors (Lipinski definition) is 2. The van der Waals surface area contributed by atoms with Gasteiger partial charge >= 0.3 is 103 Å². The molecule has 0 saturated heterocycles. The molecule has 9 nitrogen and oxygen atoms in total. The third-order valence-electron chi connectivity index (χ3n) is 16.5. The number of phenols is 1. The van der Waals surface area contributed by atoms with Crippen LogP contribution in [0.1, 0.15) is 138 Å². The molecule has 0 bridgehead atoms. The minimum absolute atomic E-state index is 0. The smallest absolute Gasteiger partial charge is 1.00 e. The second-order valence-electron chi connectivity index (χ2n) is 22.7. The molecule has 12 aromatic rings. The maximum atomic E-state index is 10.7. The van der Waals surface area contributed by atoms with Gasteiger partial charge < -0.3 is 31.0 Å². The van der Waals surface area contributed by atoms with Crippen LogP contribution >= 0.6 is 79.6 Å². The van der Waals surface area contributed by atoms with Crippen molar-refractivity contribution in [3.63, 3.8) is 0 Å². The predicted octanol–water partition coefficient (Wildman–Crippen LogP) is 18.0. The van der Waals surface area contributed by atoms with Crippen LogP contribution in [0.5, 0.6) is 11.5 Å². The van der Waals surface area contributed by atoms with Crippen molar-refractivity contribution in [3.8, 4) is 34.3 Å². The Morgan fingerprint density at radius 1 is 0.505 bits per heavy atom. The molecule has 0 spiro atoms. The SMILES string of the molecule is CCCCCCCCBr.CCCCCCCCOc1ccc2ccccc2c1-c1nc2c3ccc(Br)cc3c3cc(Br)ccc3c2n1CCCCCCCC.O=CO[O-].Oc1ccc2ccccc2c1-c1nc2c3ccc(Br)cc3c3cc(Br)ccc3c2[nH]1.[H-].[K+].[K+]. The number of phenolic OH excluding ortho intramolecular Hbond substituents is 1. The van der Waals surface area contributed by atoms with E-state index in [1.54, 1.807) is 6.07 Å². The molecule has 16 heteroatoms. The molecule has 2 N–H and O–H groups in total. The third kappa shape index (κ3) is 19.4. The summed E-state index contributed by atoms with van der Waals surface area (Å²) < 4.78 is 13.4. The predicted molar refractivity (Wildman–Crippen MR) is 392 cm³/mol. The molecule has 0 saturated carbocycles. The van der Waals surface area contributed by atoms with Crippen LogP contribution in [0.3, 0.4) is 0 Å². The van der Waals surface area contributed by atoms with Gasteiger partial charge in [-0.25, -0.2) is 9.97 Å². The topological polar surface area (TPSA) is 125 Å². The van der Waals surface area contributed by atoms with Gasteiger partial charge in [-0.3, -0.25) is 4.79 Å². The summed E-state index contributed by atoms with van der Waals surface area (Å²) in [5.41, 5.74) is 5.98. The zero-order valence-corrected chi connectivity index (χ0v) is 67.3. The Kier molecular flexibility index (Phi) is 32.4. The van der Waals surface area contributed by atoms with Crippen LogP contribution in [0.15, 0.2) is 163 Å². The van der Waals surface area contributed by atoms with E-state index in [1.165, 1.54) is 146 Å². The number of aryl methyl sites for hydroxylation is 1. The number of alkyl halides is 1. The van der Waals surface area contributed by atoms with Crippen LogP contribution in [-0.4, -0.2) is 43.0 Å². The van der Waals surface area contributed by atoms with E-state index in [4.69, 9.17) is 24.8 Å². The van der Waals surface area contributed by atoms with E-state index in [0.717, 1.165) is 115 Å². The number of carbonyl (C=O) groups excluding carboxylic acids is 1. The van der Waals surface area contributed by atoms with Crippen LogP contribution < -0.4 is 113 Å². The van der Waals surface area contributed by atoms with Crippen molar-refractivity contribution in [2.75, 3.05) is 11.9 Å². The second kappa shape index (κ2) is 39.0. The Morgan fingerprint density at radius 2 is 0.956 bits per heavy atom. The van der Waals surface area contributed by atoms with Crippen LogP contribution in [0.4, 0.5) is 0 Å². The van der Waals surface area contributed by atoms with Crippen molar-refractivity contribution in [3.05, 3.63) is 163 Å². The van der Waals surface area contributed by atoms with E-state index in [9.17, 15) is 5.11 Å². The van der Waals surface area contributed by atoms with Crippen molar-refractivity contribution in [2.45, 2.75) is 143 Å². The third-order valence-corrected chi connectivity index (χ3v) is 19.0. The number of hydrogen-bond acceptors (Lipinski definition) is 7. The van der Waals surface area contributed by atoms with Gasteiger partial charge in [0, 0.05) is 51.3 Å². The average Bonchev–Trinajstić information content (AvgIpc) is 1.56. The Balaban J connectivity index is 0.000000250. The number of nitrogens with zero attached hydrogens (tertiary/aromatic N) is 3. The average molecular weight is 1590 g/mol. The Bertz CT molecular complexity index is 4270. The number of unbranched alkanes of at least 4 members (excludes halogenated alkanes) is 15. The van der Waals surface area contributed by atoms with Crippen LogP contribution in [0.25, 0.3) is 109 Å². The largest absolute Gasteiger partial charge is 1.00 e. The standard InChI is InChI=1S/C41H46Br2N2O.C25H14Br2N2O.C8H17Br.CH2O3.2K.H/c1-3-5-7-9-11-15-25-45-40-34-23-21-31(43)28-36(34)35-27-30(42)20-22-33(35)39(40)44-41(45)38-32-18-14-13-17-29(32)19-24-37(38)46-26-16-12-10-8-6-4-2;26-14-6-8-17-19(11-14)20-12-15(27)7-9-18(20)24-23(17)28-25(29-24)22-16-4-2-1-3-13(16)5-10-21(22)30;1-2-3-4-5-6-7-8-9;2-1-4-3;;;/h13-14,17-24,27-28H,3-12,15-16,25-26H2,1-2H3;1-12,30H,(H,28,29);2-8H2,1H3;1,3H;;;/q;;;;2*+1;-1/p-1. The van der Waals surface area contributed by atoms with Gasteiger partial charge in [-0.15, -0.1) is 0 Å². The van der Waals surface area contributed by atoms with Crippen molar-refractivity contribution >= 4 is 173 Å². The van der Waals surface area contributed by atoms with Crippen molar-refractivity contribution in [1.82, 2.24) is 19.5 Å². The molecule has 12 rings (SSSR count). The first kappa shape index (κ1) is 75.8. The maximum Gasteiger partial charge on any atom is 1.00 e. The van der Waals surface area contributed by atoms with Crippen LogP contribution in [0, 0.1) is 0 Å². The minimum Gasteiger partial charge on any atom is -1.00 e. The second-order valence-corrected chi connectivity index (χ2v) is 27.2. The summed E-state index contributed by atoms with van der Waals surface area (Å²) in [6.07, 6.45) is 23.4. The first-order valence-corrected chi connectivity index (χ1v) is 35.9. The Labute approximate surface area is 664 Å². The van der Waals surface area contributed by atoms with Gasteiger partial charge in [0.15, 0.2) is 0 Å². The molecular formula is C75H79Br5K2N4O5. The number of H-pyrrole nitrogens is 1. The molecule has 0 radical (unpaired) electrons. The zero-order valence-electron chi connectivity index (χ0n) is 54.1. The number of benzene rings is 10. The number of fused-ring (bicyclic) bond motifs is 14. The molecule has 0 aliphatic carbocycles. The molecule has 466 valence electrons. The number of rotatable bonds is 24. The summed E-state index contributed by atoms with van der Waals surface area (Å²) in [6.45, 7) is 8.28. The minimum atomic E-state index is -0.181. The Hall–Kier alpha value is -2.60. The van der Waals surface area contributed by atoms with Gasteiger partial charge in [0.1, 0.15) is 23.1 Å². The van der Waals surface area contributed by atoms with Gasteiger partial charge in [-0.1, -0.05) is 282 Å². The maximum absolute atomic E-state index is 10.7. The van der Waals surface area contributed by atoms with E-state index in [2.05, 4.69) is 212 Å². The van der Waals surface area contributed by atoms with Gasteiger partial charge in [0.05, 0.1) is 39.8 Å². The number of aromatic amines is 1. The molecular weight excluding hydrogens is 1510 g/mol. The van der Waals surface area contributed by atoms with E-state index >= 15 is 0 Å². The molecule has 0 aliphatic heterocycles. The molecule has 0 amide bonds. The molecule has 2 aromatic heterocycles. The molecule has 0 aliphatic rings. The molecule has 2 heterocycles. The van der Waals surface area contributed by atoms with Crippen LogP contribution in [0.2, 0.25) is 0 Å². The quantitative estimate of drug-likeness (QED) is 0.0117. The number of imidazole rings is 2. The summed E-state index contributed by atoms with van der Waals surface area (Å²) in [5.74, 6) is 2.83. The monoisotopic (exact) mass is 1590 g/mol. The van der Waals surface area contributed by atoms with Crippen molar-refractivity contribution in [2.24, 2.45) is 0 Å². The Morgan fingerprint density at radius 3 is 1.51 bits per heavy atom. The van der Waals surface area contributed by atoms with E-state index < -0.39 is 0 Å². The number of halogens is 5. The van der Waals surface area contributed by atoms with Crippen molar-refractivity contribution in [1.29, 1.82) is 0 Å². The van der Waals surface area contributed by atoms with Gasteiger partial charge in [0.25, 0.3) is 6.47 Å². The van der Waals surface area contributed by atoms with Gasteiger partial charge in [-0.05, 0) is 123 Å². The van der Waals surface area contributed by atoms with Crippen LogP contribution in [-0.2, 0) is 16.2 Å². The van der Waals surface area contributed by atoms with Gasteiger partial charge in [0.2, 0.25) is 0 Å². The number of ether oxygens (including phenoxy) is 1. The molecule has 0 unspecified atom stereocenters. The molecule has 10 aromatic carbocycles. The molecule has 0 atom stereocenters. The number of carbonyl (C=O) groups is 1. The molecule has 0 fully saturated rings. The number of aromatic nitrogens is 4. The summed E-state index contributed by atoms with van der Waals surface area (Å²) >= 11 is 18.1. The number of nitrogens with one attached hydrogen (secondary N) is 1. The summed E-state index contributed by atoms with van der Waals surface area (Å²) in [6, 6.07) is 50.6.